The summed E-state index contributed by atoms with van der Waals surface area (Å²) in [5, 5.41) is 13.3. The number of nitrogens with zero attached hydrogens (tertiary/aromatic N) is 1. The molecule has 2 aromatic carbocycles. The van der Waals surface area contributed by atoms with Crippen molar-refractivity contribution in [3.63, 3.8) is 0 Å². The summed E-state index contributed by atoms with van der Waals surface area (Å²) in [4.78, 5) is 0. The maximum Gasteiger partial charge on any atom is 0.101 e. The van der Waals surface area contributed by atoms with E-state index in [0.717, 1.165) is 24.9 Å². The first-order chi connectivity index (χ1) is 9.76. The second-order valence-electron chi connectivity index (χ2n) is 5.15. The summed E-state index contributed by atoms with van der Waals surface area (Å²) >= 11 is 5.93. The van der Waals surface area contributed by atoms with Crippen LogP contribution in [-0.2, 0) is 12.8 Å². The molecule has 0 amide bonds. The number of rotatable bonds is 2. The topological polar surface area (TPSA) is 35.8 Å². The Labute approximate surface area is 124 Å². The largest absolute Gasteiger partial charge is 0.381 e. The molecule has 0 saturated heterocycles. The molecule has 1 N–H and O–H groups in total. The van der Waals surface area contributed by atoms with Crippen LogP contribution in [0.15, 0.2) is 42.5 Å². The molecular weight excluding hydrogens is 268 g/mol. The van der Waals surface area contributed by atoms with Crippen LogP contribution in [0.3, 0.4) is 0 Å². The Morgan fingerprint density at radius 1 is 1.15 bits per heavy atom. The number of anilines is 1. The van der Waals surface area contributed by atoms with Gasteiger partial charge in [-0.3, -0.25) is 0 Å². The third-order valence-corrected chi connectivity index (χ3v) is 4.04. The number of hydrogen-bond acceptors (Lipinski definition) is 2. The first-order valence-corrected chi connectivity index (χ1v) is 7.17. The van der Waals surface area contributed by atoms with Crippen LogP contribution in [0, 0.1) is 11.3 Å². The van der Waals surface area contributed by atoms with Crippen LogP contribution in [0.1, 0.15) is 23.1 Å². The highest BCUT2D eigenvalue weighted by Gasteiger charge is 2.18. The molecule has 0 saturated carbocycles. The molecule has 0 aromatic heterocycles. The lowest BCUT2D eigenvalue weighted by Gasteiger charge is -2.26. The second-order valence-corrected chi connectivity index (χ2v) is 5.59. The zero-order valence-corrected chi connectivity index (χ0v) is 11.8. The molecule has 20 heavy (non-hydrogen) atoms. The van der Waals surface area contributed by atoms with Crippen LogP contribution in [0.5, 0.6) is 0 Å². The van der Waals surface area contributed by atoms with Crippen molar-refractivity contribution in [3.8, 4) is 6.07 Å². The van der Waals surface area contributed by atoms with E-state index in [1.54, 1.807) is 6.07 Å². The minimum absolute atomic E-state index is 0.373. The van der Waals surface area contributed by atoms with Gasteiger partial charge in [0.1, 0.15) is 6.07 Å². The van der Waals surface area contributed by atoms with Crippen LogP contribution in [0.25, 0.3) is 0 Å². The standard InChI is InChI=1S/C17H15ClN2/c18-15-6-8-17(14(9-15)11-19)20-16-7-5-12-3-1-2-4-13(12)10-16/h1-4,6,8-9,16,20H,5,7,10H2. The fourth-order valence-corrected chi connectivity index (χ4v) is 2.95. The Kier molecular flexibility index (Phi) is 3.62. The van der Waals surface area contributed by atoms with E-state index in [1.165, 1.54) is 11.1 Å². The fourth-order valence-electron chi connectivity index (χ4n) is 2.78. The quantitative estimate of drug-likeness (QED) is 0.897. The molecule has 2 nitrogen and oxygen atoms in total. The molecule has 0 fully saturated rings. The summed E-state index contributed by atoms with van der Waals surface area (Å²) in [6.07, 6.45) is 3.18. The number of nitrogens with one attached hydrogen (secondary N) is 1. The molecule has 0 radical (unpaired) electrons. The lowest BCUT2D eigenvalue weighted by Crippen LogP contribution is -2.27. The predicted octanol–water partition coefficient (Wildman–Crippen LogP) is 4.18. The van der Waals surface area contributed by atoms with Gasteiger partial charge in [-0.15, -0.1) is 0 Å². The molecule has 1 atom stereocenters. The van der Waals surface area contributed by atoms with Gasteiger partial charge < -0.3 is 5.32 Å². The van der Waals surface area contributed by atoms with Gasteiger partial charge in [0, 0.05) is 11.1 Å². The molecule has 0 heterocycles. The van der Waals surface area contributed by atoms with Gasteiger partial charge in [-0.25, -0.2) is 0 Å². The van der Waals surface area contributed by atoms with E-state index in [-0.39, 0.29) is 0 Å². The van der Waals surface area contributed by atoms with Crippen molar-refractivity contribution in [3.05, 3.63) is 64.2 Å². The molecule has 0 spiro atoms. The van der Waals surface area contributed by atoms with Crippen molar-refractivity contribution in [1.82, 2.24) is 0 Å². The van der Waals surface area contributed by atoms with Gasteiger partial charge in [0.25, 0.3) is 0 Å². The average molecular weight is 283 g/mol. The first kappa shape index (κ1) is 13.0. The zero-order chi connectivity index (χ0) is 13.9. The summed E-state index contributed by atoms with van der Waals surface area (Å²) in [6, 6.07) is 16.6. The lowest BCUT2D eigenvalue weighted by molar-refractivity contribution is 0.611. The number of nitriles is 1. The highest BCUT2D eigenvalue weighted by Crippen LogP contribution is 2.26. The summed E-state index contributed by atoms with van der Waals surface area (Å²) < 4.78 is 0. The van der Waals surface area contributed by atoms with Crippen LogP contribution in [-0.4, -0.2) is 6.04 Å². The normalized spacial score (nSPS) is 17.1. The van der Waals surface area contributed by atoms with Crippen molar-refractivity contribution in [2.45, 2.75) is 25.3 Å². The van der Waals surface area contributed by atoms with Crippen molar-refractivity contribution >= 4 is 17.3 Å². The minimum atomic E-state index is 0.373. The molecule has 1 aliphatic rings. The molecule has 2 aromatic rings. The van der Waals surface area contributed by atoms with Gasteiger partial charge in [0.15, 0.2) is 0 Å². The third kappa shape index (κ3) is 2.64. The van der Waals surface area contributed by atoms with Crippen LogP contribution >= 0.6 is 11.6 Å². The van der Waals surface area contributed by atoms with E-state index >= 15 is 0 Å². The molecule has 0 bridgehead atoms. The Morgan fingerprint density at radius 2 is 1.95 bits per heavy atom. The first-order valence-electron chi connectivity index (χ1n) is 6.79. The molecular formula is C17H15ClN2. The van der Waals surface area contributed by atoms with Crippen LogP contribution in [0.2, 0.25) is 5.02 Å². The predicted molar refractivity (Wildman–Crippen MR) is 82.0 cm³/mol. The smallest absolute Gasteiger partial charge is 0.101 e. The number of benzene rings is 2. The summed E-state index contributed by atoms with van der Waals surface area (Å²) in [5.74, 6) is 0. The van der Waals surface area contributed by atoms with Crippen LogP contribution in [0.4, 0.5) is 5.69 Å². The summed E-state index contributed by atoms with van der Waals surface area (Å²) in [7, 11) is 0. The molecule has 0 aliphatic heterocycles. The maximum absolute atomic E-state index is 9.18. The second kappa shape index (κ2) is 5.56. The summed E-state index contributed by atoms with van der Waals surface area (Å²) in [5.41, 5.74) is 4.34. The monoisotopic (exact) mass is 282 g/mol. The van der Waals surface area contributed by atoms with Gasteiger partial charge in [0.2, 0.25) is 0 Å². The summed E-state index contributed by atoms with van der Waals surface area (Å²) in [6.45, 7) is 0. The molecule has 1 aliphatic carbocycles. The minimum Gasteiger partial charge on any atom is -0.381 e. The van der Waals surface area contributed by atoms with Gasteiger partial charge >= 0.3 is 0 Å². The number of halogens is 1. The number of fused-ring (bicyclic) bond motifs is 1. The molecule has 3 rings (SSSR count). The molecule has 1 unspecified atom stereocenters. The van der Waals surface area contributed by atoms with Gasteiger partial charge in [-0.05, 0) is 48.6 Å². The average Bonchev–Trinajstić information content (AvgIpc) is 2.49. The van der Waals surface area contributed by atoms with Crippen molar-refractivity contribution in [2.24, 2.45) is 0 Å². The van der Waals surface area contributed by atoms with Crippen LogP contribution < -0.4 is 5.32 Å². The highest BCUT2D eigenvalue weighted by atomic mass is 35.5. The van der Waals surface area contributed by atoms with Gasteiger partial charge in [-0.2, -0.15) is 5.26 Å². The van der Waals surface area contributed by atoms with Crippen molar-refractivity contribution in [2.75, 3.05) is 5.32 Å². The van der Waals surface area contributed by atoms with E-state index < -0.39 is 0 Å². The van der Waals surface area contributed by atoms with E-state index in [2.05, 4.69) is 35.7 Å². The number of aryl methyl sites for hydroxylation is 1. The Morgan fingerprint density at radius 3 is 2.75 bits per heavy atom. The van der Waals surface area contributed by atoms with E-state index in [0.29, 0.717) is 16.6 Å². The van der Waals surface area contributed by atoms with Crippen molar-refractivity contribution < 1.29 is 0 Å². The lowest BCUT2D eigenvalue weighted by atomic mass is 9.88. The SMILES string of the molecule is N#Cc1cc(Cl)ccc1NC1CCc2ccccc2C1. The third-order valence-electron chi connectivity index (χ3n) is 3.81. The number of hydrogen-bond donors (Lipinski definition) is 1. The van der Waals surface area contributed by atoms with E-state index in [4.69, 9.17) is 11.6 Å². The fraction of sp³-hybridized carbons (Fsp3) is 0.235. The van der Waals surface area contributed by atoms with Gasteiger partial charge in [-0.1, -0.05) is 35.9 Å². The molecule has 3 heteroatoms. The van der Waals surface area contributed by atoms with Crippen molar-refractivity contribution in [1.29, 1.82) is 5.26 Å². The van der Waals surface area contributed by atoms with E-state index in [9.17, 15) is 5.26 Å². The van der Waals surface area contributed by atoms with Gasteiger partial charge in [0.05, 0.1) is 11.3 Å². The van der Waals surface area contributed by atoms with E-state index in [1.807, 2.05) is 12.1 Å². The molecule has 100 valence electrons. The highest BCUT2D eigenvalue weighted by molar-refractivity contribution is 6.30. The zero-order valence-electron chi connectivity index (χ0n) is 11.1. The Bertz CT molecular complexity index is 673. The maximum atomic E-state index is 9.18. The Hall–Kier alpha value is -1.98. The Balaban J connectivity index is 1.79.